The Hall–Kier alpha value is -1.56. The van der Waals surface area contributed by atoms with Crippen LogP contribution >= 0.6 is 0 Å². The van der Waals surface area contributed by atoms with Gasteiger partial charge in [0.2, 0.25) is 5.95 Å². The van der Waals surface area contributed by atoms with Crippen molar-refractivity contribution in [2.75, 3.05) is 42.6 Å². The van der Waals surface area contributed by atoms with Gasteiger partial charge in [0.25, 0.3) is 0 Å². The maximum Gasteiger partial charge on any atom is 0.223 e. The van der Waals surface area contributed by atoms with Crippen LogP contribution in [-0.4, -0.2) is 42.7 Å². The molecule has 0 unspecified atom stereocenters. The summed E-state index contributed by atoms with van der Waals surface area (Å²) in [6.45, 7) is 5.08. The lowest BCUT2D eigenvalue weighted by atomic mass is 10.2. The van der Waals surface area contributed by atoms with E-state index in [9.17, 15) is 0 Å². The fourth-order valence-corrected chi connectivity index (χ4v) is 2.75. The first kappa shape index (κ1) is 13.4. The quantitative estimate of drug-likeness (QED) is 0.744. The Balaban J connectivity index is 1.78. The van der Waals surface area contributed by atoms with Crippen LogP contribution in [0, 0.1) is 12.8 Å². The van der Waals surface area contributed by atoms with Gasteiger partial charge in [0.05, 0.1) is 0 Å². The van der Waals surface area contributed by atoms with Crippen molar-refractivity contribution in [3.05, 3.63) is 5.56 Å². The zero-order valence-corrected chi connectivity index (χ0v) is 12.3. The first-order chi connectivity index (χ1) is 9.67. The number of anilines is 3. The average Bonchev–Trinajstić information content (AvgIpc) is 3.15. The van der Waals surface area contributed by atoms with Crippen LogP contribution in [0.15, 0.2) is 0 Å². The minimum atomic E-state index is 0.358. The number of hydrogen-bond donors (Lipinski definition) is 3. The lowest BCUT2D eigenvalue weighted by molar-refractivity contribution is 0.616. The number of nitrogens with zero attached hydrogens (tertiary/aromatic N) is 3. The van der Waals surface area contributed by atoms with Gasteiger partial charge in [-0.2, -0.15) is 9.97 Å². The van der Waals surface area contributed by atoms with Crippen molar-refractivity contribution >= 4 is 17.6 Å². The average molecular weight is 276 g/mol. The molecule has 1 aromatic rings. The monoisotopic (exact) mass is 276 g/mol. The van der Waals surface area contributed by atoms with E-state index in [4.69, 9.17) is 5.73 Å². The van der Waals surface area contributed by atoms with Crippen molar-refractivity contribution in [2.24, 2.45) is 5.92 Å². The molecule has 1 saturated heterocycles. The highest BCUT2D eigenvalue weighted by Gasteiger charge is 2.26. The number of rotatable bonds is 5. The molecule has 20 heavy (non-hydrogen) atoms. The molecule has 4 N–H and O–H groups in total. The van der Waals surface area contributed by atoms with Gasteiger partial charge in [0, 0.05) is 31.2 Å². The Bertz CT molecular complexity index is 485. The standard InChI is InChI=1S/C14H24N6/c1-9-12(17-7-10-3-4-10)18-14(15)19-13(9)20-6-5-11(8-20)16-2/h10-11,16H,3-8H2,1-2H3,(H3,15,17,18,19)/t11-/m1/s1. The van der Waals surface area contributed by atoms with E-state index < -0.39 is 0 Å². The summed E-state index contributed by atoms with van der Waals surface area (Å²) in [5, 5.41) is 6.76. The molecule has 0 bridgehead atoms. The van der Waals surface area contributed by atoms with Crippen LogP contribution in [0.1, 0.15) is 24.8 Å². The van der Waals surface area contributed by atoms with Gasteiger partial charge < -0.3 is 21.3 Å². The van der Waals surface area contributed by atoms with Gasteiger partial charge in [-0.3, -0.25) is 0 Å². The van der Waals surface area contributed by atoms with Crippen molar-refractivity contribution in [3.8, 4) is 0 Å². The Labute approximate surface area is 120 Å². The fraction of sp³-hybridized carbons (Fsp3) is 0.714. The summed E-state index contributed by atoms with van der Waals surface area (Å²) >= 11 is 0. The molecule has 0 aromatic carbocycles. The van der Waals surface area contributed by atoms with Gasteiger partial charge in [0.15, 0.2) is 0 Å². The van der Waals surface area contributed by atoms with Crippen molar-refractivity contribution in [1.82, 2.24) is 15.3 Å². The highest BCUT2D eigenvalue weighted by molar-refractivity contribution is 5.61. The van der Waals surface area contributed by atoms with E-state index in [2.05, 4.69) is 32.4 Å². The smallest absolute Gasteiger partial charge is 0.223 e. The van der Waals surface area contributed by atoms with E-state index in [-0.39, 0.29) is 0 Å². The van der Waals surface area contributed by atoms with Crippen molar-refractivity contribution in [3.63, 3.8) is 0 Å². The van der Waals surface area contributed by atoms with Gasteiger partial charge in [-0.1, -0.05) is 0 Å². The minimum absolute atomic E-state index is 0.358. The predicted molar refractivity (Wildman–Crippen MR) is 82.1 cm³/mol. The molecular formula is C14H24N6. The molecule has 110 valence electrons. The van der Waals surface area contributed by atoms with E-state index in [1.165, 1.54) is 12.8 Å². The second kappa shape index (κ2) is 5.44. The Morgan fingerprint density at radius 1 is 1.30 bits per heavy atom. The summed E-state index contributed by atoms with van der Waals surface area (Å²) in [7, 11) is 2.01. The second-order valence-corrected chi connectivity index (χ2v) is 5.92. The van der Waals surface area contributed by atoms with E-state index in [0.29, 0.717) is 12.0 Å². The zero-order valence-electron chi connectivity index (χ0n) is 12.3. The van der Waals surface area contributed by atoms with E-state index >= 15 is 0 Å². The number of nitrogens with two attached hydrogens (primary N) is 1. The zero-order chi connectivity index (χ0) is 14.1. The van der Waals surface area contributed by atoms with Gasteiger partial charge in [-0.15, -0.1) is 0 Å². The number of likely N-dealkylation sites (N-methyl/N-ethyl adjacent to an activating group) is 1. The summed E-state index contributed by atoms with van der Waals surface area (Å²) in [5.74, 6) is 3.05. The summed E-state index contributed by atoms with van der Waals surface area (Å²) in [5.41, 5.74) is 6.99. The van der Waals surface area contributed by atoms with Crippen LogP contribution < -0.4 is 21.3 Å². The van der Waals surface area contributed by atoms with Gasteiger partial charge in [-0.05, 0) is 39.2 Å². The second-order valence-electron chi connectivity index (χ2n) is 5.92. The van der Waals surface area contributed by atoms with Crippen LogP contribution in [0.3, 0.4) is 0 Å². The van der Waals surface area contributed by atoms with Gasteiger partial charge in [0.1, 0.15) is 11.6 Å². The Kier molecular flexibility index (Phi) is 3.65. The molecule has 1 aliphatic carbocycles. The van der Waals surface area contributed by atoms with Crippen molar-refractivity contribution < 1.29 is 0 Å². The predicted octanol–water partition coefficient (Wildman–Crippen LogP) is 0.987. The molecular weight excluding hydrogens is 252 g/mol. The molecule has 0 amide bonds. The highest BCUT2D eigenvalue weighted by atomic mass is 15.3. The third kappa shape index (κ3) is 2.80. The van der Waals surface area contributed by atoms with E-state index in [1.54, 1.807) is 0 Å². The van der Waals surface area contributed by atoms with Crippen LogP contribution in [0.5, 0.6) is 0 Å². The minimum Gasteiger partial charge on any atom is -0.369 e. The molecule has 2 fully saturated rings. The maximum atomic E-state index is 5.88. The molecule has 1 atom stereocenters. The molecule has 1 aromatic heterocycles. The summed E-state index contributed by atoms with van der Waals surface area (Å²) in [4.78, 5) is 11.1. The van der Waals surface area contributed by atoms with Crippen LogP contribution in [0.4, 0.5) is 17.6 Å². The first-order valence-electron chi connectivity index (χ1n) is 7.47. The topological polar surface area (TPSA) is 79.1 Å². The first-order valence-corrected chi connectivity index (χ1v) is 7.47. The van der Waals surface area contributed by atoms with Crippen molar-refractivity contribution in [1.29, 1.82) is 0 Å². The lowest BCUT2D eigenvalue weighted by Gasteiger charge is -2.21. The molecule has 3 rings (SSSR count). The highest BCUT2D eigenvalue weighted by Crippen LogP contribution is 2.31. The normalized spacial score (nSPS) is 22.3. The summed E-state index contributed by atoms with van der Waals surface area (Å²) in [6.07, 6.45) is 3.80. The molecule has 6 nitrogen and oxygen atoms in total. The SMILES string of the molecule is CN[C@@H]1CCN(c2nc(N)nc(NCC3CC3)c2C)C1. The van der Waals surface area contributed by atoms with Crippen LogP contribution in [0.2, 0.25) is 0 Å². The Morgan fingerprint density at radius 3 is 2.75 bits per heavy atom. The largest absolute Gasteiger partial charge is 0.369 e. The third-order valence-electron chi connectivity index (χ3n) is 4.29. The number of hydrogen-bond acceptors (Lipinski definition) is 6. The molecule has 1 saturated carbocycles. The number of aromatic nitrogens is 2. The van der Waals surface area contributed by atoms with Crippen LogP contribution in [-0.2, 0) is 0 Å². The molecule has 1 aliphatic heterocycles. The maximum absolute atomic E-state index is 5.88. The third-order valence-corrected chi connectivity index (χ3v) is 4.29. The molecule has 2 aliphatic rings. The summed E-state index contributed by atoms with van der Waals surface area (Å²) < 4.78 is 0. The number of nitrogens with one attached hydrogen (secondary N) is 2. The molecule has 0 radical (unpaired) electrons. The van der Waals surface area contributed by atoms with Gasteiger partial charge in [-0.25, -0.2) is 0 Å². The van der Waals surface area contributed by atoms with Gasteiger partial charge >= 0.3 is 0 Å². The fourth-order valence-electron chi connectivity index (χ4n) is 2.75. The molecule has 6 heteroatoms. The Morgan fingerprint density at radius 2 is 2.10 bits per heavy atom. The summed E-state index contributed by atoms with van der Waals surface area (Å²) in [6, 6.07) is 0.536. The molecule has 0 spiro atoms. The van der Waals surface area contributed by atoms with Crippen molar-refractivity contribution in [2.45, 2.75) is 32.2 Å². The molecule has 2 heterocycles. The van der Waals surface area contributed by atoms with E-state index in [1.807, 2.05) is 7.05 Å². The van der Waals surface area contributed by atoms with E-state index in [0.717, 1.165) is 49.2 Å². The number of nitrogen functional groups attached to an aromatic ring is 1. The lowest BCUT2D eigenvalue weighted by Crippen LogP contribution is -2.30. The van der Waals surface area contributed by atoms with Crippen LogP contribution in [0.25, 0.3) is 0 Å².